The van der Waals surface area contributed by atoms with Crippen molar-refractivity contribution >= 4 is 17.2 Å². The van der Waals surface area contributed by atoms with Crippen molar-refractivity contribution in [3.63, 3.8) is 0 Å². The Balaban J connectivity index is 2.60. The van der Waals surface area contributed by atoms with Crippen LogP contribution in [0.25, 0.3) is 0 Å². The third-order valence-electron chi connectivity index (χ3n) is 3.49. The molecule has 5 heteroatoms. The summed E-state index contributed by atoms with van der Waals surface area (Å²) in [4.78, 5) is 12.7. The summed E-state index contributed by atoms with van der Waals surface area (Å²) in [6, 6.07) is 3.59. The molecule has 3 N–H and O–H groups in total. The van der Waals surface area contributed by atoms with E-state index in [0.29, 0.717) is 4.88 Å². The molecule has 1 atom stereocenters. The van der Waals surface area contributed by atoms with Gasteiger partial charge in [-0.2, -0.15) is 0 Å². The van der Waals surface area contributed by atoms with Gasteiger partial charge in [-0.25, -0.2) is 0 Å². The van der Waals surface area contributed by atoms with E-state index in [9.17, 15) is 9.90 Å². The van der Waals surface area contributed by atoms with E-state index in [1.165, 1.54) is 43.9 Å². The number of rotatable bonds is 9. The summed E-state index contributed by atoms with van der Waals surface area (Å²) in [5.41, 5.74) is -1.52. The van der Waals surface area contributed by atoms with Crippen molar-refractivity contribution in [2.45, 2.75) is 64.5 Å². The highest BCUT2D eigenvalue weighted by Gasteiger charge is 2.31. The molecule has 0 bridgehead atoms. The fourth-order valence-electron chi connectivity index (χ4n) is 2.29. The Labute approximate surface area is 142 Å². The smallest absolute Gasteiger partial charge is 0.219 e. The van der Waals surface area contributed by atoms with Crippen molar-refractivity contribution in [2.24, 2.45) is 0 Å². The van der Waals surface area contributed by atoms with E-state index in [2.05, 4.69) is 24.1 Å². The van der Waals surface area contributed by atoms with Crippen LogP contribution in [0, 0.1) is 11.8 Å². The van der Waals surface area contributed by atoms with Crippen LogP contribution in [0.1, 0.15) is 68.5 Å². The molecular formula is C18H27NO3S. The number of carbonyl (C=O) groups is 1. The van der Waals surface area contributed by atoms with Crippen LogP contribution in [0.5, 0.6) is 0 Å². The van der Waals surface area contributed by atoms with Crippen molar-refractivity contribution in [3.05, 3.63) is 21.9 Å². The molecular weight excluding hydrogens is 310 g/mol. The van der Waals surface area contributed by atoms with Gasteiger partial charge in [-0.3, -0.25) is 4.79 Å². The molecule has 0 spiro atoms. The summed E-state index contributed by atoms with van der Waals surface area (Å²) >= 11 is 1.34. The normalized spacial score (nSPS) is 13.0. The van der Waals surface area contributed by atoms with E-state index < -0.39 is 5.72 Å². The Hall–Kier alpha value is -1.35. The number of aliphatic hydroxyl groups is 2. The fourth-order valence-corrected chi connectivity index (χ4v) is 3.25. The summed E-state index contributed by atoms with van der Waals surface area (Å²) in [7, 11) is 0. The van der Waals surface area contributed by atoms with Gasteiger partial charge in [0.2, 0.25) is 5.91 Å². The molecule has 0 saturated carbocycles. The molecule has 1 aromatic rings. The van der Waals surface area contributed by atoms with Crippen molar-refractivity contribution < 1.29 is 15.0 Å². The number of nitrogens with one attached hydrogen (secondary N) is 1. The Kier molecular flexibility index (Phi) is 8.93. The molecule has 0 saturated heterocycles. The average Bonchev–Trinajstić information content (AvgIpc) is 2.95. The SMILES string of the molecule is CCCCCCCC#Cc1ccc(C(O)(CCO)NC(C)=O)s1. The van der Waals surface area contributed by atoms with Crippen molar-refractivity contribution in [3.8, 4) is 11.8 Å². The number of unbranched alkanes of at least 4 members (excludes halogenated alkanes) is 5. The largest absolute Gasteiger partial charge is 0.396 e. The molecule has 1 amide bonds. The lowest BCUT2D eigenvalue weighted by molar-refractivity contribution is -0.128. The van der Waals surface area contributed by atoms with Gasteiger partial charge in [-0.1, -0.05) is 44.4 Å². The van der Waals surface area contributed by atoms with Crippen molar-refractivity contribution in [2.75, 3.05) is 6.61 Å². The first-order chi connectivity index (χ1) is 11.0. The first-order valence-electron chi connectivity index (χ1n) is 8.23. The fraction of sp³-hybridized carbons (Fsp3) is 0.611. The van der Waals surface area contributed by atoms with Crippen LogP contribution >= 0.6 is 11.3 Å². The number of thiophene rings is 1. The van der Waals surface area contributed by atoms with Gasteiger partial charge in [0, 0.05) is 26.4 Å². The number of aliphatic hydroxyl groups excluding tert-OH is 1. The minimum absolute atomic E-state index is 0.0530. The Morgan fingerprint density at radius 2 is 2.04 bits per heavy atom. The second-order valence-electron chi connectivity index (χ2n) is 5.64. The molecule has 4 nitrogen and oxygen atoms in total. The molecule has 0 radical (unpaired) electrons. The molecule has 1 aromatic heterocycles. The zero-order valence-corrected chi connectivity index (χ0v) is 14.8. The van der Waals surface area contributed by atoms with Crippen molar-refractivity contribution in [1.82, 2.24) is 5.32 Å². The average molecular weight is 337 g/mol. The minimum atomic E-state index is -1.52. The summed E-state index contributed by atoms with van der Waals surface area (Å²) in [5.74, 6) is 5.93. The van der Waals surface area contributed by atoms with Gasteiger partial charge in [-0.05, 0) is 18.6 Å². The Morgan fingerprint density at radius 3 is 2.70 bits per heavy atom. The van der Waals surface area contributed by atoms with E-state index in [-0.39, 0.29) is 18.9 Å². The highest BCUT2D eigenvalue weighted by atomic mass is 32.1. The predicted molar refractivity (Wildman–Crippen MR) is 94.0 cm³/mol. The van der Waals surface area contributed by atoms with E-state index in [1.807, 2.05) is 6.07 Å². The summed E-state index contributed by atoms with van der Waals surface area (Å²) < 4.78 is 0. The van der Waals surface area contributed by atoms with Crippen LogP contribution in [-0.2, 0) is 10.5 Å². The van der Waals surface area contributed by atoms with E-state index in [4.69, 9.17) is 5.11 Å². The van der Waals surface area contributed by atoms with E-state index >= 15 is 0 Å². The summed E-state index contributed by atoms with van der Waals surface area (Å²) in [6.07, 6.45) is 7.07. The highest BCUT2D eigenvalue weighted by molar-refractivity contribution is 7.12. The maximum Gasteiger partial charge on any atom is 0.219 e. The maximum atomic E-state index is 11.3. The van der Waals surface area contributed by atoms with Crippen LogP contribution in [0.2, 0.25) is 0 Å². The van der Waals surface area contributed by atoms with Crippen LogP contribution < -0.4 is 5.32 Å². The highest BCUT2D eigenvalue weighted by Crippen LogP contribution is 2.29. The first-order valence-corrected chi connectivity index (χ1v) is 9.04. The molecule has 0 aliphatic carbocycles. The zero-order chi connectivity index (χ0) is 17.1. The van der Waals surface area contributed by atoms with Gasteiger partial charge >= 0.3 is 0 Å². The number of carbonyl (C=O) groups excluding carboxylic acids is 1. The molecule has 23 heavy (non-hydrogen) atoms. The topological polar surface area (TPSA) is 69.6 Å². The van der Waals surface area contributed by atoms with Gasteiger partial charge in [0.25, 0.3) is 0 Å². The lowest BCUT2D eigenvalue weighted by Gasteiger charge is -2.26. The van der Waals surface area contributed by atoms with Crippen LogP contribution in [0.15, 0.2) is 12.1 Å². The Morgan fingerprint density at radius 1 is 1.30 bits per heavy atom. The van der Waals surface area contributed by atoms with Crippen LogP contribution in [-0.4, -0.2) is 22.7 Å². The van der Waals surface area contributed by atoms with Crippen molar-refractivity contribution in [1.29, 1.82) is 0 Å². The molecule has 1 unspecified atom stereocenters. The summed E-state index contributed by atoms with van der Waals surface area (Å²) in [5, 5.41) is 22.1. The van der Waals surface area contributed by atoms with Gasteiger partial charge in [0.15, 0.2) is 5.72 Å². The second kappa shape index (κ2) is 10.4. The monoisotopic (exact) mass is 337 g/mol. The van der Waals surface area contributed by atoms with Gasteiger partial charge in [-0.15, -0.1) is 11.3 Å². The number of hydrogen-bond donors (Lipinski definition) is 3. The molecule has 0 fully saturated rings. The molecule has 128 valence electrons. The lowest BCUT2D eigenvalue weighted by Crippen LogP contribution is -2.45. The number of hydrogen-bond acceptors (Lipinski definition) is 4. The maximum absolute atomic E-state index is 11.3. The Bertz CT molecular complexity index is 544. The van der Waals surface area contributed by atoms with Gasteiger partial charge in [0.1, 0.15) is 0 Å². The molecule has 0 aliphatic heterocycles. The van der Waals surface area contributed by atoms with E-state index in [0.717, 1.165) is 17.7 Å². The van der Waals surface area contributed by atoms with Gasteiger partial charge in [0.05, 0.1) is 9.75 Å². The molecule has 0 aromatic carbocycles. The third-order valence-corrected chi connectivity index (χ3v) is 4.64. The quantitative estimate of drug-likeness (QED) is 0.368. The van der Waals surface area contributed by atoms with Gasteiger partial charge < -0.3 is 15.5 Å². The minimum Gasteiger partial charge on any atom is -0.396 e. The van der Waals surface area contributed by atoms with Crippen LogP contribution in [0.3, 0.4) is 0 Å². The molecule has 1 rings (SSSR count). The number of amides is 1. The standard InChI is InChI=1S/C18H27NO3S/c1-3-4-5-6-7-8-9-10-16-11-12-17(23-16)18(22,13-14-20)19-15(2)21/h11-12,20,22H,3-8,13-14H2,1-2H3,(H,19,21). The lowest BCUT2D eigenvalue weighted by atomic mass is 10.1. The van der Waals surface area contributed by atoms with E-state index in [1.54, 1.807) is 6.07 Å². The zero-order valence-electron chi connectivity index (χ0n) is 14.0. The van der Waals surface area contributed by atoms with Crippen LogP contribution in [0.4, 0.5) is 0 Å². The first kappa shape index (κ1) is 19.7. The summed E-state index contributed by atoms with van der Waals surface area (Å²) in [6.45, 7) is 3.33. The second-order valence-corrected chi connectivity index (χ2v) is 6.73. The molecule has 1 heterocycles. The third kappa shape index (κ3) is 7.17. The molecule has 0 aliphatic rings. The predicted octanol–water partition coefficient (Wildman–Crippen LogP) is 3.12.